The van der Waals surface area contributed by atoms with E-state index in [2.05, 4.69) is 33.1 Å². The Morgan fingerprint density at radius 2 is 2.03 bits per heavy atom. The zero-order valence-corrected chi connectivity index (χ0v) is 18.4. The van der Waals surface area contributed by atoms with Crippen LogP contribution in [0, 0.1) is 13.7 Å². The first kappa shape index (κ1) is 23.7. The Labute approximate surface area is 184 Å². The number of nitro groups is 1. The number of hydrazone groups is 1. The molecule has 0 unspecified atom stereocenters. The third kappa shape index (κ3) is 5.97. The van der Waals surface area contributed by atoms with E-state index in [0.717, 1.165) is 22.1 Å². The Kier molecular flexibility index (Phi) is 7.87. The van der Waals surface area contributed by atoms with Gasteiger partial charge in [-0.1, -0.05) is 6.92 Å². The van der Waals surface area contributed by atoms with Gasteiger partial charge in [-0.3, -0.25) is 15.5 Å². The summed E-state index contributed by atoms with van der Waals surface area (Å²) in [4.78, 5) is 10.2. The second-order valence-corrected chi connectivity index (χ2v) is 7.39. The van der Waals surface area contributed by atoms with Gasteiger partial charge in [0.05, 0.1) is 33.5 Å². The number of benzene rings is 2. The summed E-state index contributed by atoms with van der Waals surface area (Å²) in [5, 5.41) is 15.0. The second kappa shape index (κ2) is 9.96. The van der Waals surface area contributed by atoms with Gasteiger partial charge in [0.25, 0.3) is 5.69 Å². The number of hydrogen-bond acceptors (Lipinski definition) is 6. The van der Waals surface area contributed by atoms with Gasteiger partial charge in [-0.2, -0.15) is 18.3 Å². The maximum absolute atomic E-state index is 12.8. The van der Waals surface area contributed by atoms with Gasteiger partial charge in [0.1, 0.15) is 5.69 Å². The van der Waals surface area contributed by atoms with E-state index < -0.39 is 22.4 Å². The minimum absolute atomic E-state index is 0.00572. The van der Waals surface area contributed by atoms with E-state index in [1.54, 1.807) is 12.1 Å². The molecule has 0 saturated carbocycles. The molecule has 0 aromatic heterocycles. The fourth-order valence-electron chi connectivity index (χ4n) is 2.34. The number of nitrogens with one attached hydrogen (secondary N) is 1. The smallest absolute Gasteiger partial charge is 0.416 e. The van der Waals surface area contributed by atoms with Gasteiger partial charge in [0, 0.05) is 6.07 Å². The highest BCUT2D eigenvalue weighted by molar-refractivity contribution is 14.1. The molecular weight excluding hydrogens is 518 g/mol. The van der Waals surface area contributed by atoms with E-state index in [-0.39, 0.29) is 11.8 Å². The van der Waals surface area contributed by atoms with Crippen molar-refractivity contribution in [3.05, 3.63) is 55.1 Å². The van der Waals surface area contributed by atoms with E-state index in [9.17, 15) is 23.3 Å². The fraction of sp³-hybridized carbons (Fsp3) is 0.316. The standard InChI is InChI=1S/C19H19F3IN3O4/c1-4-11(2)30-18-14(23)7-12(8-17(18)29-3)10-24-25-15-6-5-13(19(20,21)22)9-16(15)26(27)28/h5-11,25H,4H2,1-3H3/b24-10-/t11-/m0/s1. The van der Waals surface area contributed by atoms with E-state index in [1.165, 1.54) is 13.3 Å². The first-order valence-electron chi connectivity index (χ1n) is 8.75. The quantitative estimate of drug-likeness (QED) is 0.198. The first-order chi connectivity index (χ1) is 14.1. The Morgan fingerprint density at radius 1 is 1.33 bits per heavy atom. The number of anilines is 1. The Morgan fingerprint density at radius 3 is 2.60 bits per heavy atom. The third-order valence-electron chi connectivity index (χ3n) is 4.07. The van der Waals surface area contributed by atoms with Gasteiger partial charge >= 0.3 is 6.18 Å². The number of nitro benzene ring substituents is 1. The van der Waals surface area contributed by atoms with Crippen LogP contribution in [-0.4, -0.2) is 24.4 Å². The predicted octanol–water partition coefficient (Wildman–Crippen LogP) is 5.85. The maximum atomic E-state index is 12.8. The van der Waals surface area contributed by atoms with Gasteiger partial charge in [-0.15, -0.1) is 0 Å². The molecule has 1 N–H and O–H groups in total. The van der Waals surface area contributed by atoms with Crippen molar-refractivity contribution in [1.29, 1.82) is 0 Å². The molecule has 0 aliphatic heterocycles. The largest absolute Gasteiger partial charge is 0.493 e. The summed E-state index contributed by atoms with van der Waals surface area (Å²) in [7, 11) is 1.50. The van der Waals surface area contributed by atoms with Gasteiger partial charge in [0.2, 0.25) is 0 Å². The van der Waals surface area contributed by atoms with Crippen LogP contribution in [0.1, 0.15) is 31.4 Å². The topological polar surface area (TPSA) is 86.0 Å². The predicted molar refractivity (Wildman–Crippen MR) is 115 cm³/mol. The van der Waals surface area contributed by atoms with Crippen LogP contribution in [0.15, 0.2) is 35.4 Å². The zero-order chi connectivity index (χ0) is 22.5. The summed E-state index contributed by atoms with van der Waals surface area (Å²) >= 11 is 2.09. The van der Waals surface area contributed by atoms with Crippen LogP contribution < -0.4 is 14.9 Å². The van der Waals surface area contributed by atoms with E-state index in [0.29, 0.717) is 23.1 Å². The van der Waals surface area contributed by atoms with Crippen molar-refractivity contribution in [3.8, 4) is 11.5 Å². The zero-order valence-electron chi connectivity index (χ0n) is 16.3. The molecule has 2 aromatic carbocycles. The number of methoxy groups -OCH3 is 1. The highest BCUT2D eigenvalue weighted by Crippen LogP contribution is 2.36. The van der Waals surface area contributed by atoms with Crippen LogP contribution in [-0.2, 0) is 6.18 Å². The number of alkyl halides is 3. The van der Waals surface area contributed by atoms with Crippen molar-refractivity contribution in [2.24, 2.45) is 5.10 Å². The first-order valence-corrected chi connectivity index (χ1v) is 9.83. The average molecular weight is 537 g/mol. The minimum Gasteiger partial charge on any atom is -0.493 e. The van der Waals surface area contributed by atoms with Crippen LogP contribution in [0.3, 0.4) is 0 Å². The Hall–Kier alpha value is -2.57. The van der Waals surface area contributed by atoms with Crippen molar-refractivity contribution >= 4 is 40.2 Å². The molecule has 0 bridgehead atoms. The molecule has 1 atom stereocenters. The summed E-state index contributed by atoms with van der Waals surface area (Å²) in [6.07, 6.45) is -2.50. The normalized spacial score (nSPS) is 12.6. The van der Waals surface area contributed by atoms with Crippen LogP contribution in [0.2, 0.25) is 0 Å². The molecule has 0 aliphatic carbocycles. The summed E-state index contributed by atoms with van der Waals surface area (Å²) in [6.45, 7) is 3.93. The highest BCUT2D eigenvalue weighted by Gasteiger charge is 2.33. The lowest BCUT2D eigenvalue weighted by Crippen LogP contribution is -2.11. The van der Waals surface area contributed by atoms with Crippen LogP contribution in [0.5, 0.6) is 11.5 Å². The molecule has 0 amide bonds. The highest BCUT2D eigenvalue weighted by atomic mass is 127. The molecule has 2 aromatic rings. The van der Waals surface area contributed by atoms with Crippen molar-refractivity contribution in [2.45, 2.75) is 32.5 Å². The molecule has 0 spiro atoms. The third-order valence-corrected chi connectivity index (χ3v) is 4.87. The van der Waals surface area contributed by atoms with E-state index in [4.69, 9.17) is 9.47 Å². The van der Waals surface area contributed by atoms with Crippen LogP contribution >= 0.6 is 22.6 Å². The summed E-state index contributed by atoms with van der Waals surface area (Å²) in [6, 6.07) is 5.62. The number of ether oxygens (including phenoxy) is 2. The van der Waals surface area contributed by atoms with Gasteiger partial charge in [-0.25, -0.2) is 0 Å². The Bertz CT molecular complexity index is 951. The van der Waals surface area contributed by atoms with Crippen LogP contribution in [0.25, 0.3) is 0 Å². The molecular formula is C19H19F3IN3O4. The molecule has 0 aliphatic rings. The number of hydrogen-bond donors (Lipinski definition) is 1. The minimum atomic E-state index is -4.68. The summed E-state index contributed by atoms with van der Waals surface area (Å²) in [5.41, 5.74) is 1.02. The molecule has 0 fully saturated rings. The summed E-state index contributed by atoms with van der Waals surface area (Å²) < 4.78 is 50.4. The number of halogens is 4. The lowest BCUT2D eigenvalue weighted by Gasteiger charge is -2.17. The van der Waals surface area contributed by atoms with Crippen molar-refractivity contribution in [3.63, 3.8) is 0 Å². The second-order valence-electron chi connectivity index (χ2n) is 6.23. The van der Waals surface area contributed by atoms with Crippen molar-refractivity contribution in [2.75, 3.05) is 12.5 Å². The van der Waals surface area contributed by atoms with Crippen LogP contribution in [0.4, 0.5) is 24.5 Å². The molecule has 0 radical (unpaired) electrons. The molecule has 30 heavy (non-hydrogen) atoms. The molecule has 2 rings (SSSR count). The van der Waals surface area contributed by atoms with E-state index >= 15 is 0 Å². The van der Waals surface area contributed by atoms with E-state index in [1.807, 2.05) is 13.8 Å². The lowest BCUT2D eigenvalue weighted by atomic mass is 10.1. The number of rotatable bonds is 8. The molecule has 0 heterocycles. The maximum Gasteiger partial charge on any atom is 0.416 e. The molecule has 11 heteroatoms. The molecule has 0 saturated heterocycles. The van der Waals surface area contributed by atoms with Crippen molar-refractivity contribution in [1.82, 2.24) is 0 Å². The summed E-state index contributed by atoms with van der Waals surface area (Å²) in [5.74, 6) is 1.08. The molecule has 162 valence electrons. The lowest BCUT2D eigenvalue weighted by molar-refractivity contribution is -0.384. The molecule has 7 nitrogen and oxygen atoms in total. The number of nitrogens with zero attached hydrogens (tertiary/aromatic N) is 2. The Balaban J connectivity index is 2.27. The van der Waals surface area contributed by atoms with Gasteiger partial charge in [0.15, 0.2) is 11.5 Å². The van der Waals surface area contributed by atoms with Gasteiger partial charge in [-0.05, 0) is 65.8 Å². The monoisotopic (exact) mass is 537 g/mol. The van der Waals surface area contributed by atoms with Crippen molar-refractivity contribution < 1.29 is 27.6 Å². The average Bonchev–Trinajstić information content (AvgIpc) is 2.68. The fourth-order valence-corrected chi connectivity index (χ4v) is 3.10. The SMILES string of the molecule is CC[C@H](C)Oc1c(I)cc(/C=N\Nc2ccc(C(F)(F)F)cc2[N+](=O)[O-])cc1OC. The van der Waals surface area contributed by atoms with Gasteiger partial charge < -0.3 is 9.47 Å².